The number of H-pyrrole nitrogens is 1. The molecule has 0 spiro atoms. The number of ether oxygens (including phenoxy) is 1. The highest BCUT2D eigenvalue weighted by atomic mass is 16.5. The molecular formula is C22H21N3O3. The van der Waals surface area contributed by atoms with Crippen LogP contribution in [0.1, 0.15) is 35.5 Å². The minimum atomic E-state index is -0.332. The van der Waals surface area contributed by atoms with E-state index in [1.807, 2.05) is 49.4 Å². The Labute approximate surface area is 161 Å². The molecule has 0 fully saturated rings. The largest absolute Gasteiger partial charge is 0.494 e. The van der Waals surface area contributed by atoms with Crippen molar-refractivity contribution in [1.82, 2.24) is 14.1 Å². The van der Waals surface area contributed by atoms with Crippen molar-refractivity contribution in [1.29, 1.82) is 0 Å². The van der Waals surface area contributed by atoms with Crippen LogP contribution in [0.2, 0.25) is 0 Å². The molecule has 0 radical (unpaired) electrons. The second kappa shape index (κ2) is 6.05. The molecule has 2 aromatic carbocycles. The van der Waals surface area contributed by atoms with E-state index in [-0.39, 0.29) is 17.6 Å². The third kappa shape index (κ3) is 2.24. The number of nitrogens with one attached hydrogen (secondary N) is 1. The topological polar surface area (TPSA) is 72.2 Å². The number of aromatic hydroxyl groups is 1. The molecule has 1 atom stereocenters. The first-order valence-electron chi connectivity index (χ1n) is 9.41. The molecular weight excluding hydrogens is 354 g/mol. The van der Waals surface area contributed by atoms with Gasteiger partial charge in [-0.25, -0.2) is 4.79 Å². The van der Waals surface area contributed by atoms with E-state index in [1.165, 1.54) is 4.57 Å². The van der Waals surface area contributed by atoms with Crippen LogP contribution in [-0.4, -0.2) is 25.8 Å². The van der Waals surface area contributed by atoms with Gasteiger partial charge in [-0.1, -0.05) is 30.3 Å². The number of nitrogens with zero attached hydrogens (tertiary/aromatic N) is 2. The number of rotatable bonds is 3. The van der Waals surface area contributed by atoms with Crippen LogP contribution < -0.4 is 10.4 Å². The second-order valence-corrected chi connectivity index (χ2v) is 7.13. The fourth-order valence-electron chi connectivity index (χ4n) is 4.27. The summed E-state index contributed by atoms with van der Waals surface area (Å²) < 4.78 is 8.57. The maximum absolute atomic E-state index is 12.9. The Hall–Kier alpha value is -3.41. The zero-order chi connectivity index (χ0) is 19.4. The van der Waals surface area contributed by atoms with Gasteiger partial charge in [-0.2, -0.15) is 0 Å². The molecule has 0 bridgehead atoms. The first-order valence-corrected chi connectivity index (χ1v) is 9.41. The zero-order valence-corrected chi connectivity index (χ0v) is 15.8. The van der Waals surface area contributed by atoms with Crippen LogP contribution in [0.4, 0.5) is 0 Å². The molecule has 0 unspecified atom stereocenters. The molecule has 6 heteroatoms. The van der Waals surface area contributed by atoms with Gasteiger partial charge in [-0.15, -0.1) is 0 Å². The Morgan fingerprint density at radius 3 is 2.68 bits per heavy atom. The van der Waals surface area contributed by atoms with E-state index in [0.717, 1.165) is 33.5 Å². The minimum absolute atomic E-state index is 0.0249. The summed E-state index contributed by atoms with van der Waals surface area (Å²) >= 11 is 0. The third-order valence-corrected chi connectivity index (χ3v) is 5.59. The number of aromatic amines is 1. The molecule has 2 aromatic heterocycles. The van der Waals surface area contributed by atoms with Gasteiger partial charge in [0.25, 0.3) is 0 Å². The molecule has 1 aliphatic rings. The van der Waals surface area contributed by atoms with Crippen LogP contribution in [0, 0.1) is 0 Å². The summed E-state index contributed by atoms with van der Waals surface area (Å²) in [5.41, 5.74) is 4.52. The molecule has 142 valence electrons. The molecule has 1 aliphatic heterocycles. The Morgan fingerprint density at radius 2 is 1.93 bits per heavy atom. The van der Waals surface area contributed by atoms with Crippen LogP contribution in [-0.2, 0) is 13.5 Å². The lowest BCUT2D eigenvalue weighted by atomic mass is 9.93. The quantitative estimate of drug-likeness (QED) is 0.508. The lowest BCUT2D eigenvalue weighted by Crippen LogP contribution is -2.31. The fraction of sp³-hybridized carbons (Fsp3) is 0.227. The number of benzene rings is 2. The van der Waals surface area contributed by atoms with Crippen molar-refractivity contribution in [2.75, 3.05) is 6.61 Å². The van der Waals surface area contributed by atoms with Crippen molar-refractivity contribution in [3.63, 3.8) is 0 Å². The van der Waals surface area contributed by atoms with Crippen molar-refractivity contribution >= 4 is 10.9 Å². The van der Waals surface area contributed by atoms with Crippen LogP contribution in [0.5, 0.6) is 11.6 Å². The monoisotopic (exact) mass is 375 g/mol. The average molecular weight is 375 g/mol. The van der Waals surface area contributed by atoms with E-state index >= 15 is 0 Å². The van der Waals surface area contributed by atoms with Crippen molar-refractivity contribution < 1.29 is 9.84 Å². The maximum atomic E-state index is 12.9. The number of para-hydroxylation sites is 1. The van der Waals surface area contributed by atoms with Crippen LogP contribution >= 0.6 is 0 Å². The Morgan fingerprint density at radius 1 is 1.18 bits per heavy atom. The fourth-order valence-corrected chi connectivity index (χ4v) is 4.27. The lowest BCUT2D eigenvalue weighted by Gasteiger charge is -2.26. The van der Waals surface area contributed by atoms with Gasteiger partial charge in [-0.3, -0.25) is 9.13 Å². The van der Waals surface area contributed by atoms with Crippen molar-refractivity contribution in [2.24, 2.45) is 7.05 Å². The summed E-state index contributed by atoms with van der Waals surface area (Å²) in [6, 6.07) is 15.6. The summed E-state index contributed by atoms with van der Waals surface area (Å²) in [6.45, 7) is 2.55. The minimum Gasteiger partial charge on any atom is -0.494 e. The van der Waals surface area contributed by atoms with Crippen molar-refractivity contribution in [2.45, 2.75) is 19.4 Å². The molecule has 3 heterocycles. The van der Waals surface area contributed by atoms with Gasteiger partial charge in [0.15, 0.2) is 0 Å². The Bertz CT molecular complexity index is 1240. The summed E-state index contributed by atoms with van der Waals surface area (Å²) in [7, 11) is 1.60. The average Bonchev–Trinajstić information content (AvgIpc) is 3.19. The summed E-state index contributed by atoms with van der Waals surface area (Å²) in [5.74, 6) is 0.819. The Kier molecular flexibility index (Phi) is 3.62. The van der Waals surface area contributed by atoms with E-state index in [2.05, 4.69) is 11.1 Å². The standard InChI is InChI=1S/C22H21N3O3/c1-3-28-14-10-8-13(9-11-14)20-19-16(15-6-4-5-7-17(15)23-19)12-18-21(26)24(2)22(27)25(18)20/h4-11,20,23,26H,3,12H2,1-2H3/t20-/m1/s1. The zero-order valence-electron chi connectivity index (χ0n) is 15.8. The number of hydrogen-bond donors (Lipinski definition) is 2. The summed E-state index contributed by atoms with van der Waals surface area (Å²) in [5, 5.41) is 11.7. The van der Waals surface area contributed by atoms with E-state index in [4.69, 9.17) is 4.74 Å². The lowest BCUT2D eigenvalue weighted by molar-refractivity contribution is 0.340. The molecule has 2 N–H and O–H groups in total. The van der Waals surface area contributed by atoms with Crippen LogP contribution in [0.3, 0.4) is 0 Å². The number of fused-ring (bicyclic) bond motifs is 4. The number of aromatic nitrogens is 3. The molecule has 6 nitrogen and oxygen atoms in total. The van der Waals surface area contributed by atoms with Gasteiger partial charge < -0.3 is 14.8 Å². The van der Waals surface area contributed by atoms with E-state index in [0.29, 0.717) is 18.7 Å². The molecule has 0 aliphatic carbocycles. The van der Waals surface area contributed by atoms with Crippen LogP contribution in [0.15, 0.2) is 53.3 Å². The third-order valence-electron chi connectivity index (χ3n) is 5.59. The van der Waals surface area contributed by atoms with Gasteiger partial charge >= 0.3 is 5.69 Å². The van der Waals surface area contributed by atoms with E-state index in [9.17, 15) is 9.90 Å². The molecule has 28 heavy (non-hydrogen) atoms. The van der Waals surface area contributed by atoms with E-state index in [1.54, 1.807) is 11.6 Å². The molecule has 0 amide bonds. The first kappa shape index (κ1) is 16.7. The summed E-state index contributed by atoms with van der Waals surface area (Å²) in [4.78, 5) is 16.5. The highest BCUT2D eigenvalue weighted by Crippen LogP contribution is 2.40. The van der Waals surface area contributed by atoms with Gasteiger partial charge in [0.05, 0.1) is 12.3 Å². The van der Waals surface area contributed by atoms with Gasteiger partial charge in [0.2, 0.25) is 5.88 Å². The first-order chi connectivity index (χ1) is 13.6. The predicted octanol–water partition coefficient (Wildman–Crippen LogP) is 3.31. The van der Waals surface area contributed by atoms with Gasteiger partial charge in [0, 0.05) is 30.1 Å². The SMILES string of the molecule is CCOc1ccc([C@@H]2c3[nH]c4ccccc4c3Cc3c(O)n(C)c(=O)n32)cc1. The normalized spacial score (nSPS) is 15.4. The number of imidazole rings is 1. The second-order valence-electron chi connectivity index (χ2n) is 7.13. The highest BCUT2D eigenvalue weighted by Gasteiger charge is 2.34. The molecule has 4 aromatic rings. The Balaban J connectivity index is 1.78. The van der Waals surface area contributed by atoms with Gasteiger partial charge in [0.1, 0.15) is 11.8 Å². The molecule has 5 rings (SSSR count). The number of hydrogen-bond acceptors (Lipinski definition) is 3. The van der Waals surface area contributed by atoms with Crippen LogP contribution in [0.25, 0.3) is 10.9 Å². The van der Waals surface area contributed by atoms with Gasteiger partial charge in [-0.05, 0) is 36.2 Å². The van der Waals surface area contributed by atoms with E-state index < -0.39 is 0 Å². The maximum Gasteiger partial charge on any atom is 0.331 e. The summed E-state index contributed by atoms with van der Waals surface area (Å²) in [6.07, 6.45) is 0.509. The van der Waals surface area contributed by atoms with Crippen molar-refractivity contribution in [3.8, 4) is 11.6 Å². The highest BCUT2D eigenvalue weighted by molar-refractivity contribution is 5.86. The van der Waals surface area contributed by atoms with Crippen molar-refractivity contribution in [3.05, 3.63) is 81.5 Å². The smallest absolute Gasteiger partial charge is 0.331 e. The predicted molar refractivity (Wildman–Crippen MR) is 107 cm³/mol. The molecule has 0 saturated carbocycles. The molecule has 0 saturated heterocycles.